The Hall–Kier alpha value is -1.05. The Kier molecular flexibility index (Phi) is 9.60. The van der Waals surface area contributed by atoms with Gasteiger partial charge in [0, 0.05) is 5.41 Å². The first kappa shape index (κ1) is 35.8. The Bertz CT molecular complexity index is 1160. The number of hydrogen-bond acceptors (Lipinski definition) is 15. The summed E-state index contributed by atoms with van der Waals surface area (Å²) in [6.07, 6.45) is -12.0. The average molecular weight is 677 g/mol. The first-order valence-electron chi connectivity index (χ1n) is 16.9. The number of ether oxygens (including phenoxy) is 4. The molecule has 4 aliphatic carbocycles. The van der Waals surface area contributed by atoms with Gasteiger partial charge in [0.15, 0.2) is 6.29 Å². The molecule has 1 spiro atoms. The number of hydrogen-bond donors (Lipinski definition) is 10. The maximum Gasteiger partial charge on any atom is 0.314 e. The van der Waals surface area contributed by atoms with E-state index in [4.69, 9.17) is 18.9 Å². The molecule has 0 aromatic rings. The van der Waals surface area contributed by atoms with Gasteiger partial charge in [-0.1, -0.05) is 6.92 Å². The van der Waals surface area contributed by atoms with E-state index in [-0.39, 0.29) is 36.7 Å². The van der Waals surface area contributed by atoms with Crippen LogP contribution in [0.3, 0.4) is 0 Å². The summed E-state index contributed by atoms with van der Waals surface area (Å²) in [5.41, 5.74) is -3.59. The molecule has 4 saturated carbocycles. The van der Waals surface area contributed by atoms with Gasteiger partial charge >= 0.3 is 5.97 Å². The third kappa shape index (κ3) is 5.40. The van der Waals surface area contributed by atoms with Crippen LogP contribution < -0.4 is 0 Å². The highest BCUT2D eigenvalue weighted by molar-refractivity contribution is 5.77. The van der Waals surface area contributed by atoms with Gasteiger partial charge in [-0.2, -0.15) is 0 Å². The van der Waals surface area contributed by atoms with Crippen LogP contribution in [0.5, 0.6) is 0 Å². The largest absolute Gasteiger partial charge is 0.432 e. The zero-order valence-electron chi connectivity index (χ0n) is 26.9. The SMILES string of the molecule is C[C@@]12[C@@H](O[C@@H]3O[C@H](CO)[C@@H](O)[C@H](O)[C@H]3O)CC[C@@](C)(C(=O)O[C@H]3O[C@@H](CO)[C@H](O)[C@@H](O)[C@@H]3O)[C@H]1CC[C@@]13C[C@@H](CC[C@H]12)[C@@](O)(CO)C3. The summed E-state index contributed by atoms with van der Waals surface area (Å²) in [6, 6.07) is 0. The van der Waals surface area contributed by atoms with Crippen molar-refractivity contribution in [2.75, 3.05) is 19.8 Å². The van der Waals surface area contributed by atoms with Crippen LogP contribution in [0.25, 0.3) is 0 Å². The van der Waals surface area contributed by atoms with Crippen LogP contribution in [0.15, 0.2) is 0 Å². The lowest BCUT2D eigenvalue weighted by atomic mass is 9.40. The van der Waals surface area contributed by atoms with Crippen LogP contribution in [0, 0.1) is 34.0 Å². The highest BCUT2D eigenvalue weighted by Crippen LogP contribution is 2.73. The van der Waals surface area contributed by atoms with Crippen molar-refractivity contribution in [1.29, 1.82) is 0 Å². The quantitative estimate of drug-likeness (QED) is 0.123. The van der Waals surface area contributed by atoms with Gasteiger partial charge in [0.2, 0.25) is 6.29 Å². The van der Waals surface area contributed by atoms with E-state index < -0.39 is 109 Å². The van der Waals surface area contributed by atoms with E-state index in [2.05, 4.69) is 0 Å². The highest BCUT2D eigenvalue weighted by atomic mass is 16.7. The van der Waals surface area contributed by atoms with Crippen LogP contribution in [-0.4, -0.2) is 150 Å². The number of carbonyl (C=O) groups excluding carboxylic acids is 1. The molecule has 15 heteroatoms. The van der Waals surface area contributed by atoms with Gasteiger partial charge < -0.3 is 70.0 Å². The fraction of sp³-hybridized carbons (Fsp3) is 0.969. The minimum absolute atomic E-state index is 0.0835. The second kappa shape index (κ2) is 12.6. The summed E-state index contributed by atoms with van der Waals surface area (Å²) < 4.78 is 23.5. The fourth-order valence-corrected chi connectivity index (χ4v) is 10.9. The molecule has 0 aromatic carbocycles. The van der Waals surface area contributed by atoms with E-state index in [1.165, 1.54) is 0 Å². The number of rotatable bonds is 7. The summed E-state index contributed by atoms with van der Waals surface area (Å²) >= 11 is 0. The first-order valence-corrected chi connectivity index (χ1v) is 16.9. The van der Waals surface area contributed by atoms with E-state index in [1.54, 1.807) is 6.92 Å². The molecule has 6 fully saturated rings. The van der Waals surface area contributed by atoms with Crippen molar-refractivity contribution in [3.8, 4) is 0 Å². The molecule has 6 aliphatic rings. The van der Waals surface area contributed by atoms with E-state index >= 15 is 0 Å². The van der Waals surface area contributed by atoms with E-state index in [9.17, 15) is 55.9 Å². The van der Waals surface area contributed by atoms with Crippen molar-refractivity contribution >= 4 is 5.97 Å². The van der Waals surface area contributed by atoms with Crippen LogP contribution in [0.2, 0.25) is 0 Å². The van der Waals surface area contributed by atoms with Crippen LogP contribution >= 0.6 is 0 Å². The summed E-state index contributed by atoms with van der Waals surface area (Å²) in [5, 5.41) is 104. The molecule has 2 aliphatic heterocycles. The summed E-state index contributed by atoms with van der Waals surface area (Å²) in [7, 11) is 0. The van der Waals surface area contributed by atoms with Gasteiger partial charge in [-0.3, -0.25) is 4.79 Å². The number of fused-ring (bicyclic) bond motifs is 3. The van der Waals surface area contributed by atoms with Gasteiger partial charge in [0.05, 0.1) is 36.9 Å². The van der Waals surface area contributed by atoms with Gasteiger partial charge in [-0.15, -0.1) is 0 Å². The van der Waals surface area contributed by atoms with Gasteiger partial charge in [-0.25, -0.2) is 0 Å². The lowest BCUT2D eigenvalue weighted by Gasteiger charge is -2.66. The molecule has 2 heterocycles. The monoisotopic (exact) mass is 676 g/mol. The minimum Gasteiger partial charge on any atom is -0.432 e. The zero-order chi connectivity index (χ0) is 34.3. The van der Waals surface area contributed by atoms with Crippen molar-refractivity contribution in [2.24, 2.45) is 34.0 Å². The van der Waals surface area contributed by atoms with Crippen molar-refractivity contribution < 1.29 is 74.8 Å². The highest BCUT2D eigenvalue weighted by Gasteiger charge is 2.71. The molecule has 10 N–H and O–H groups in total. The molecular formula is C32H52O15. The topological polar surface area (TPSA) is 256 Å². The normalized spacial score (nSPS) is 56.0. The standard InChI is InChI=1S/C32H52O15/c1-29(28(42)47-27-25(41)23(39)21(37)16(11-34)45-27)7-6-19(46-26-24(40)22(38)20(36)15(10-33)44-26)30(2)17(29)5-8-31-9-14(3-4-18(30)31)32(43,12-31)13-35/h14-27,33-41,43H,3-13H2,1-2H3/t14-,15-,16+,17-,18+,19+,20-,21+,22+,23-,24-,25+,26+,27-,29-,30-,31+,32+/m1/s1. The Balaban J connectivity index is 1.33. The molecule has 0 amide bonds. The minimum atomic E-state index is -1.77. The second-order valence-electron chi connectivity index (χ2n) is 15.7. The van der Waals surface area contributed by atoms with E-state index in [0.29, 0.717) is 38.5 Å². The second-order valence-corrected chi connectivity index (χ2v) is 15.7. The third-order valence-electron chi connectivity index (χ3n) is 13.4. The van der Waals surface area contributed by atoms with Crippen LogP contribution in [0.4, 0.5) is 0 Å². The Morgan fingerprint density at radius 2 is 1.34 bits per heavy atom. The molecule has 18 atom stereocenters. The maximum absolute atomic E-state index is 14.2. The van der Waals surface area contributed by atoms with Crippen LogP contribution in [0.1, 0.15) is 65.2 Å². The first-order chi connectivity index (χ1) is 22.1. The number of esters is 1. The molecule has 2 bridgehead atoms. The Morgan fingerprint density at radius 3 is 1.94 bits per heavy atom. The smallest absolute Gasteiger partial charge is 0.314 e. The van der Waals surface area contributed by atoms with Gasteiger partial charge in [-0.05, 0) is 81.5 Å². The maximum atomic E-state index is 14.2. The van der Waals surface area contributed by atoms with E-state index in [0.717, 1.165) is 0 Å². The molecule has 6 rings (SSSR count). The molecule has 47 heavy (non-hydrogen) atoms. The Morgan fingerprint density at radius 1 is 0.745 bits per heavy atom. The summed E-state index contributed by atoms with van der Waals surface area (Å²) in [4.78, 5) is 14.2. The van der Waals surface area contributed by atoms with Crippen LogP contribution in [-0.2, 0) is 23.7 Å². The molecule has 0 aromatic heterocycles. The molecule has 2 saturated heterocycles. The van der Waals surface area contributed by atoms with Gasteiger partial charge in [0.1, 0.15) is 48.8 Å². The Labute approximate surface area is 273 Å². The van der Waals surface area contributed by atoms with Crippen molar-refractivity contribution in [3.05, 3.63) is 0 Å². The lowest BCUT2D eigenvalue weighted by Crippen LogP contribution is -2.66. The number of carbonyl (C=O) groups is 1. The lowest BCUT2D eigenvalue weighted by molar-refractivity contribution is -0.337. The number of aliphatic hydroxyl groups is 10. The predicted molar refractivity (Wildman–Crippen MR) is 157 cm³/mol. The van der Waals surface area contributed by atoms with Crippen molar-refractivity contribution in [1.82, 2.24) is 0 Å². The third-order valence-corrected chi connectivity index (χ3v) is 13.4. The molecule has 0 unspecified atom stereocenters. The molecular weight excluding hydrogens is 624 g/mol. The van der Waals surface area contributed by atoms with E-state index in [1.807, 2.05) is 6.92 Å². The number of aliphatic hydroxyl groups excluding tert-OH is 9. The predicted octanol–water partition coefficient (Wildman–Crippen LogP) is -2.74. The summed E-state index contributed by atoms with van der Waals surface area (Å²) in [6.45, 7) is 2.13. The van der Waals surface area contributed by atoms with Crippen molar-refractivity contribution in [2.45, 2.75) is 138 Å². The molecule has 270 valence electrons. The zero-order valence-corrected chi connectivity index (χ0v) is 26.9. The molecule has 0 radical (unpaired) electrons. The fourth-order valence-electron chi connectivity index (χ4n) is 10.9. The average Bonchev–Trinajstić information content (AvgIpc) is 3.26. The van der Waals surface area contributed by atoms with Crippen molar-refractivity contribution in [3.63, 3.8) is 0 Å². The summed E-state index contributed by atoms with van der Waals surface area (Å²) in [5.74, 6) is -1.31. The van der Waals surface area contributed by atoms with Gasteiger partial charge in [0.25, 0.3) is 0 Å². The molecule has 15 nitrogen and oxygen atoms in total.